The number of esters is 1. The van der Waals surface area contributed by atoms with Gasteiger partial charge in [-0.1, -0.05) is 42.5 Å². The molecule has 32 heavy (non-hydrogen) atoms. The highest BCUT2D eigenvalue weighted by atomic mass is 16.5. The summed E-state index contributed by atoms with van der Waals surface area (Å²) < 4.78 is 4.93. The SMILES string of the molecule is COC(=O)[C@H](C)[C@@H](CC1=NCCCC1N=CN)NC(=O)c1ccc(-c2ccccc2)cc1. The summed E-state index contributed by atoms with van der Waals surface area (Å²) in [6.45, 7) is 2.46. The molecule has 7 heteroatoms. The Hall–Kier alpha value is -3.48. The number of benzene rings is 2. The first-order chi connectivity index (χ1) is 15.5. The number of rotatable bonds is 8. The largest absolute Gasteiger partial charge is 0.469 e. The molecule has 0 fully saturated rings. The number of methoxy groups -OCH3 is 1. The number of aliphatic imine (C=N–C) groups is 2. The van der Waals surface area contributed by atoms with Crippen LogP contribution in [0.2, 0.25) is 0 Å². The topological polar surface area (TPSA) is 106 Å². The molecule has 168 valence electrons. The number of carbonyl (C=O) groups excluding carboxylic acids is 2. The lowest BCUT2D eigenvalue weighted by atomic mass is 9.91. The van der Waals surface area contributed by atoms with Gasteiger partial charge in [0, 0.05) is 30.3 Å². The summed E-state index contributed by atoms with van der Waals surface area (Å²) in [5.74, 6) is -1.18. The Kier molecular flexibility index (Phi) is 8.14. The molecule has 0 saturated carbocycles. The van der Waals surface area contributed by atoms with Gasteiger partial charge in [0.2, 0.25) is 0 Å². The third-order valence-electron chi connectivity index (χ3n) is 5.78. The maximum Gasteiger partial charge on any atom is 0.310 e. The predicted molar refractivity (Wildman–Crippen MR) is 127 cm³/mol. The standard InChI is InChI=1S/C25H30N4O3/c1-17(25(31)32-2)22(15-23-21(28-16-26)9-6-14-27-23)29-24(30)20-12-10-19(11-13-20)18-7-4-3-5-8-18/h3-5,7-8,10-13,16-17,21-22H,6,9,14-15H2,1-2H3,(H2,26,28)(H,29,30)/t17-,21?,22-/m1/s1. The second-order valence-corrected chi connectivity index (χ2v) is 7.87. The molecule has 1 unspecified atom stereocenters. The molecular weight excluding hydrogens is 404 g/mol. The van der Waals surface area contributed by atoms with E-state index in [0.717, 1.165) is 29.7 Å². The monoisotopic (exact) mass is 434 g/mol. The van der Waals surface area contributed by atoms with Crippen molar-refractivity contribution >= 4 is 23.9 Å². The third kappa shape index (κ3) is 5.81. The van der Waals surface area contributed by atoms with Crippen LogP contribution in [-0.2, 0) is 9.53 Å². The van der Waals surface area contributed by atoms with E-state index in [-0.39, 0.29) is 17.9 Å². The van der Waals surface area contributed by atoms with E-state index < -0.39 is 12.0 Å². The molecule has 1 amide bonds. The summed E-state index contributed by atoms with van der Waals surface area (Å²) in [6.07, 6.45) is 3.48. The second-order valence-electron chi connectivity index (χ2n) is 7.87. The normalized spacial score (nSPS) is 17.9. The van der Waals surface area contributed by atoms with Crippen molar-refractivity contribution in [2.75, 3.05) is 13.7 Å². The fraction of sp³-hybridized carbons (Fsp3) is 0.360. The molecule has 0 spiro atoms. The summed E-state index contributed by atoms with van der Waals surface area (Å²) in [5, 5.41) is 3.01. The number of nitrogens with one attached hydrogen (secondary N) is 1. The van der Waals surface area contributed by atoms with Crippen molar-refractivity contribution in [1.29, 1.82) is 0 Å². The highest BCUT2D eigenvalue weighted by molar-refractivity contribution is 5.97. The van der Waals surface area contributed by atoms with Gasteiger partial charge in [0.05, 0.1) is 25.4 Å². The minimum atomic E-state index is -0.542. The van der Waals surface area contributed by atoms with Gasteiger partial charge < -0.3 is 15.8 Å². The molecule has 0 aliphatic carbocycles. The lowest BCUT2D eigenvalue weighted by Gasteiger charge is -2.27. The van der Waals surface area contributed by atoms with E-state index in [2.05, 4.69) is 15.3 Å². The van der Waals surface area contributed by atoms with Crippen LogP contribution in [0.15, 0.2) is 64.6 Å². The van der Waals surface area contributed by atoms with E-state index in [9.17, 15) is 9.59 Å². The molecule has 3 atom stereocenters. The zero-order chi connectivity index (χ0) is 22.9. The highest BCUT2D eigenvalue weighted by Crippen LogP contribution is 2.21. The molecule has 0 radical (unpaired) electrons. The van der Waals surface area contributed by atoms with Crippen LogP contribution in [-0.4, -0.2) is 49.7 Å². The molecule has 7 nitrogen and oxygen atoms in total. The number of hydrogen-bond acceptors (Lipinski definition) is 5. The van der Waals surface area contributed by atoms with E-state index in [1.165, 1.54) is 13.4 Å². The van der Waals surface area contributed by atoms with Crippen LogP contribution < -0.4 is 11.1 Å². The van der Waals surface area contributed by atoms with Gasteiger partial charge in [0.25, 0.3) is 5.91 Å². The molecule has 3 N–H and O–H groups in total. The van der Waals surface area contributed by atoms with Gasteiger partial charge in [-0.05, 0) is 43.0 Å². The fourth-order valence-electron chi connectivity index (χ4n) is 3.87. The van der Waals surface area contributed by atoms with Gasteiger partial charge in [0.1, 0.15) is 0 Å². The Morgan fingerprint density at radius 1 is 1.19 bits per heavy atom. The minimum Gasteiger partial charge on any atom is -0.469 e. The summed E-state index contributed by atoms with van der Waals surface area (Å²) >= 11 is 0. The first-order valence-electron chi connectivity index (χ1n) is 10.8. The molecule has 1 heterocycles. The lowest BCUT2D eigenvalue weighted by molar-refractivity contribution is -0.145. The molecule has 1 aliphatic rings. The van der Waals surface area contributed by atoms with E-state index in [1.807, 2.05) is 42.5 Å². The molecule has 0 bridgehead atoms. The zero-order valence-electron chi connectivity index (χ0n) is 18.5. The minimum absolute atomic E-state index is 0.122. The number of hydrogen-bond donors (Lipinski definition) is 2. The van der Waals surface area contributed by atoms with Crippen molar-refractivity contribution in [3.63, 3.8) is 0 Å². The van der Waals surface area contributed by atoms with Crippen molar-refractivity contribution in [2.45, 2.75) is 38.3 Å². The molecule has 1 aliphatic heterocycles. The number of amides is 1. The first kappa shape index (κ1) is 23.2. The van der Waals surface area contributed by atoms with Crippen LogP contribution in [0, 0.1) is 5.92 Å². The Morgan fingerprint density at radius 3 is 2.53 bits per heavy atom. The van der Waals surface area contributed by atoms with Gasteiger partial charge in [0.15, 0.2) is 0 Å². The van der Waals surface area contributed by atoms with Crippen LogP contribution in [0.25, 0.3) is 11.1 Å². The van der Waals surface area contributed by atoms with Gasteiger partial charge in [-0.15, -0.1) is 0 Å². The average Bonchev–Trinajstić information content (AvgIpc) is 2.84. The summed E-state index contributed by atoms with van der Waals surface area (Å²) in [4.78, 5) is 34.2. The Morgan fingerprint density at radius 2 is 1.88 bits per heavy atom. The molecule has 0 aromatic heterocycles. The van der Waals surface area contributed by atoms with Crippen molar-refractivity contribution < 1.29 is 14.3 Å². The van der Waals surface area contributed by atoms with Crippen LogP contribution >= 0.6 is 0 Å². The van der Waals surface area contributed by atoms with Gasteiger partial charge >= 0.3 is 5.97 Å². The summed E-state index contributed by atoms with van der Waals surface area (Å²) in [7, 11) is 1.35. The fourth-order valence-corrected chi connectivity index (χ4v) is 3.87. The van der Waals surface area contributed by atoms with Gasteiger partial charge in [-0.2, -0.15) is 0 Å². The quantitative estimate of drug-likeness (QED) is 0.378. The van der Waals surface area contributed by atoms with Crippen molar-refractivity contribution in [1.82, 2.24) is 5.32 Å². The predicted octanol–water partition coefficient (Wildman–Crippen LogP) is 3.24. The van der Waals surface area contributed by atoms with Crippen molar-refractivity contribution in [3.05, 3.63) is 60.2 Å². The molecule has 2 aromatic carbocycles. The third-order valence-corrected chi connectivity index (χ3v) is 5.78. The first-order valence-corrected chi connectivity index (χ1v) is 10.8. The Balaban J connectivity index is 1.77. The smallest absolute Gasteiger partial charge is 0.310 e. The summed E-state index contributed by atoms with van der Waals surface area (Å²) in [6, 6.07) is 16.8. The number of ether oxygens (including phenoxy) is 1. The zero-order valence-corrected chi connectivity index (χ0v) is 18.5. The molecule has 0 saturated heterocycles. The maximum absolute atomic E-state index is 13.0. The Bertz CT molecular complexity index is 970. The molecular formula is C25H30N4O3. The van der Waals surface area contributed by atoms with Crippen LogP contribution in [0.4, 0.5) is 0 Å². The Labute approximate surface area is 188 Å². The highest BCUT2D eigenvalue weighted by Gasteiger charge is 2.30. The van der Waals surface area contributed by atoms with Gasteiger partial charge in [-0.25, -0.2) is 0 Å². The number of carbonyl (C=O) groups is 2. The number of nitrogens with two attached hydrogens (primary N) is 1. The number of nitrogens with zero attached hydrogens (tertiary/aromatic N) is 2. The van der Waals surface area contributed by atoms with E-state index in [1.54, 1.807) is 19.1 Å². The van der Waals surface area contributed by atoms with Gasteiger partial charge in [-0.3, -0.25) is 19.6 Å². The van der Waals surface area contributed by atoms with E-state index in [0.29, 0.717) is 18.5 Å². The van der Waals surface area contributed by atoms with Crippen molar-refractivity contribution in [3.8, 4) is 11.1 Å². The lowest BCUT2D eigenvalue weighted by Crippen LogP contribution is -2.45. The van der Waals surface area contributed by atoms with Crippen LogP contribution in [0.5, 0.6) is 0 Å². The molecule has 3 rings (SSSR count). The van der Waals surface area contributed by atoms with E-state index in [4.69, 9.17) is 10.5 Å². The second kappa shape index (κ2) is 11.2. The average molecular weight is 435 g/mol. The van der Waals surface area contributed by atoms with Crippen molar-refractivity contribution in [2.24, 2.45) is 21.6 Å². The van der Waals surface area contributed by atoms with Crippen LogP contribution in [0.3, 0.4) is 0 Å². The van der Waals surface area contributed by atoms with E-state index >= 15 is 0 Å². The maximum atomic E-state index is 13.0. The van der Waals surface area contributed by atoms with Crippen LogP contribution in [0.1, 0.15) is 36.5 Å². The summed E-state index contributed by atoms with van der Waals surface area (Å²) in [5.41, 5.74) is 8.98. The molecule has 2 aromatic rings.